The molecule has 1 aromatic rings. The van der Waals surface area contributed by atoms with Crippen molar-refractivity contribution in [2.24, 2.45) is 0 Å². The van der Waals surface area contributed by atoms with Crippen molar-refractivity contribution in [3.05, 3.63) is 65.3 Å². The van der Waals surface area contributed by atoms with E-state index < -0.39 is 17.8 Å². The number of Topliss-reactive ketones (excluding diaryl/α,β-unsaturated/α-hetero) is 1. The van der Waals surface area contributed by atoms with Gasteiger partial charge in [0.25, 0.3) is 0 Å². The minimum absolute atomic E-state index is 0.0190. The molecular weight excluding hydrogens is 435 g/mol. The van der Waals surface area contributed by atoms with Crippen LogP contribution in [-0.2, 0) is 15.8 Å². The Morgan fingerprint density at radius 3 is 2.79 bits per heavy atom. The van der Waals surface area contributed by atoms with E-state index in [9.17, 15) is 27.9 Å². The van der Waals surface area contributed by atoms with Gasteiger partial charge in [0.05, 0.1) is 5.56 Å². The second kappa shape index (κ2) is 13.0. The maximum atomic E-state index is 12.8. The van der Waals surface area contributed by atoms with Crippen LogP contribution in [0.2, 0.25) is 0 Å². The van der Waals surface area contributed by atoms with E-state index in [0.717, 1.165) is 30.5 Å². The number of aliphatic hydroxyl groups excluding tert-OH is 1. The van der Waals surface area contributed by atoms with Gasteiger partial charge in [0.15, 0.2) is 5.78 Å². The number of nitrogens with one attached hydrogen (secondary N) is 1. The predicted molar refractivity (Wildman–Crippen MR) is 120 cm³/mol. The molecule has 0 saturated carbocycles. The number of carbonyl (C=O) groups is 2. The van der Waals surface area contributed by atoms with Gasteiger partial charge in [-0.3, -0.25) is 9.59 Å². The second-order valence-electron chi connectivity index (χ2n) is 7.71. The summed E-state index contributed by atoms with van der Waals surface area (Å²) in [6.45, 7) is 2.28. The summed E-state index contributed by atoms with van der Waals surface area (Å²) in [5, 5.41) is 12.9. The molecule has 0 heterocycles. The molecule has 180 valence electrons. The Morgan fingerprint density at radius 2 is 2.06 bits per heavy atom. The third kappa shape index (κ3) is 9.26. The number of unbranched alkanes of at least 4 members (excludes halogenated alkanes) is 1. The molecule has 0 bridgehead atoms. The Morgan fingerprint density at radius 1 is 1.27 bits per heavy atom. The van der Waals surface area contributed by atoms with Crippen LogP contribution < -0.4 is 10.1 Å². The van der Waals surface area contributed by atoms with Gasteiger partial charge in [0, 0.05) is 25.0 Å². The summed E-state index contributed by atoms with van der Waals surface area (Å²) in [6.07, 6.45) is 4.96. The van der Waals surface area contributed by atoms with Gasteiger partial charge in [-0.05, 0) is 56.4 Å². The number of hydrogen-bond acceptors (Lipinski definition) is 4. The lowest BCUT2D eigenvalue weighted by Gasteiger charge is -2.12. The van der Waals surface area contributed by atoms with Crippen LogP contribution in [0.3, 0.4) is 0 Å². The van der Waals surface area contributed by atoms with Gasteiger partial charge < -0.3 is 15.2 Å². The topological polar surface area (TPSA) is 75.6 Å². The first-order valence-corrected chi connectivity index (χ1v) is 11.0. The molecule has 0 spiro atoms. The third-order valence-electron chi connectivity index (χ3n) is 5.08. The van der Waals surface area contributed by atoms with Gasteiger partial charge in [0.2, 0.25) is 5.91 Å². The number of ketones is 1. The molecule has 1 unspecified atom stereocenters. The van der Waals surface area contributed by atoms with Crippen LogP contribution in [0.1, 0.15) is 51.0 Å². The van der Waals surface area contributed by atoms with Gasteiger partial charge in [-0.2, -0.15) is 13.2 Å². The zero-order valence-electron chi connectivity index (χ0n) is 18.7. The van der Waals surface area contributed by atoms with Gasteiger partial charge in [-0.1, -0.05) is 30.4 Å². The van der Waals surface area contributed by atoms with E-state index in [4.69, 9.17) is 4.74 Å². The SMILES string of the molecule is CCNC(=O)CCC/C=C\CC1=C(/C=C/C(O)COc2cccc(C(F)(F)F)c2)CCC1=O. The van der Waals surface area contributed by atoms with Crippen molar-refractivity contribution in [2.45, 2.75) is 57.7 Å². The monoisotopic (exact) mass is 465 g/mol. The number of hydrogen-bond donors (Lipinski definition) is 2. The van der Waals surface area contributed by atoms with Gasteiger partial charge >= 0.3 is 6.18 Å². The highest BCUT2D eigenvalue weighted by Gasteiger charge is 2.30. The first kappa shape index (κ1) is 26.4. The van der Waals surface area contributed by atoms with E-state index >= 15 is 0 Å². The van der Waals surface area contributed by atoms with Crippen molar-refractivity contribution in [3.8, 4) is 5.75 Å². The van der Waals surface area contributed by atoms with Crippen LogP contribution in [0.5, 0.6) is 5.75 Å². The Hall–Kier alpha value is -2.87. The first-order valence-electron chi connectivity index (χ1n) is 11.0. The lowest BCUT2D eigenvalue weighted by atomic mass is 10.1. The molecular formula is C25H30F3NO4. The van der Waals surface area contributed by atoms with Crippen molar-refractivity contribution >= 4 is 11.7 Å². The summed E-state index contributed by atoms with van der Waals surface area (Å²) in [6, 6.07) is 4.47. The number of ether oxygens (including phenoxy) is 1. The molecule has 2 rings (SSSR count). The number of halogens is 3. The Labute approximate surface area is 192 Å². The van der Waals surface area contributed by atoms with Crippen LogP contribution in [0.4, 0.5) is 13.2 Å². The summed E-state index contributed by atoms with van der Waals surface area (Å²) in [7, 11) is 0. The minimum Gasteiger partial charge on any atom is -0.491 e. The summed E-state index contributed by atoms with van der Waals surface area (Å²) in [5.74, 6) is 0.115. The molecule has 0 aromatic heterocycles. The normalized spacial score (nSPS) is 15.6. The third-order valence-corrected chi connectivity index (χ3v) is 5.08. The Kier molecular flexibility index (Phi) is 10.4. The fourth-order valence-electron chi connectivity index (χ4n) is 3.37. The average molecular weight is 466 g/mol. The number of benzene rings is 1. The fraction of sp³-hybridized carbons (Fsp3) is 0.440. The lowest BCUT2D eigenvalue weighted by Crippen LogP contribution is -2.21. The summed E-state index contributed by atoms with van der Waals surface area (Å²) in [5.41, 5.74) is 0.712. The number of allylic oxidation sites excluding steroid dienone is 5. The molecule has 8 heteroatoms. The van der Waals surface area contributed by atoms with Crippen molar-refractivity contribution in [2.75, 3.05) is 13.2 Å². The largest absolute Gasteiger partial charge is 0.491 e. The van der Waals surface area contributed by atoms with Crippen molar-refractivity contribution in [1.82, 2.24) is 5.32 Å². The summed E-state index contributed by atoms with van der Waals surface area (Å²) in [4.78, 5) is 23.6. The van der Waals surface area contributed by atoms with Crippen LogP contribution >= 0.6 is 0 Å². The quantitative estimate of drug-likeness (QED) is 0.340. The smallest absolute Gasteiger partial charge is 0.416 e. The first-order chi connectivity index (χ1) is 15.7. The van der Waals surface area contributed by atoms with Gasteiger partial charge in [0.1, 0.15) is 18.5 Å². The highest BCUT2D eigenvalue weighted by atomic mass is 19.4. The number of amides is 1. The van der Waals surface area contributed by atoms with E-state index in [1.165, 1.54) is 18.2 Å². The Balaban J connectivity index is 1.85. The van der Waals surface area contributed by atoms with E-state index in [0.29, 0.717) is 37.8 Å². The molecule has 5 nitrogen and oxygen atoms in total. The number of rotatable bonds is 12. The lowest BCUT2D eigenvalue weighted by molar-refractivity contribution is -0.137. The number of carbonyl (C=O) groups excluding carboxylic acids is 2. The number of alkyl halides is 3. The van der Waals surface area contributed by atoms with Crippen LogP contribution in [0.15, 0.2) is 59.7 Å². The highest BCUT2D eigenvalue weighted by Crippen LogP contribution is 2.31. The van der Waals surface area contributed by atoms with E-state index in [1.54, 1.807) is 6.08 Å². The molecule has 1 atom stereocenters. The van der Waals surface area contributed by atoms with Crippen molar-refractivity contribution < 1.29 is 32.6 Å². The standard InChI is InChI=1S/C25H30F3NO4/c1-2-29-24(32)11-6-4-3-5-10-22-18(13-15-23(22)31)12-14-20(30)17-33-21-9-7-8-19(16-21)25(26,27)28/h3,5,7-9,12,14,16,20,30H,2,4,6,10-11,13,15,17H2,1H3,(H,29,32)/b5-3-,14-12+. The molecule has 33 heavy (non-hydrogen) atoms. The molecule has 1 aliphatic rings. The maximum absolute atomic E-state index is 12.8. The molecule has 0 radical (unpaired) electrons. The summed E-state index contributed by atoms with van der Waals surface area (Å²) >= 11 is 0. The van der Waals surface area contributed by atoms with Crippen LogP contribution in [0.25, 0.3) is 0 Å². The molecule has 1 aromatic carbocycles. The second-order valence-corrected chi connectivity index (χ2v) is 7.71. The highest BCUT2D eigenvalue weighted by molar-refractivity contribution is 5.99. The zero-order chi connectivity index (χ0) is 24.3. The van der Waals surface area contributed by atoms with Crippen LogP contribution in [-0.4, -0.2) is 36.1 Å². The molecule has 0 aliphatic heterocycles. The molecule has 1 aliphatic carbocycles. The molecule has 0 saturated heterocycles. The summed E-state index contributed by atoms with van der Waals surface area (Å²) < 4.78 is 43.6. The van der Waals surface area contributed by atoms with Gasteiger partial charge in [-0.15, -0.1) is 0 Å². The average Bonchev–Trinajstić information content (AvgIpc) is 3.12. The van der Waals surface area contributed by atoms with Crippen molar-refractivity contribution in [1.29, 1.82) is 0 Å². The molecule has 2 N–H and O–H groups in total. The molecule has 0 fully saturated rings. The minimum atomic E-state index is -4.46. The molecule has 1 amide bonds. The van der Waals surface area contributed by atoms with E-state index in [1.807, 2.05) is 19.1 Å². The van der Waals surface area contributed by atoms with E-state index in [2.05, 4.69) is 5.32 Å². The predicted octanol–water partition coefficient (Wildman–Crippen LogP) is 4.91. The van der Waals surface area contributed by atoms with Crippen LogP contribution in [0, 0.1) is 0 Å². The fourth-order valence-corrected chi connectivity index (χ4v) is 3.37. The number of aliphatic hydroxyl groups is 1. The maximum Gasteiger partial charge on any atom is 0.416 e. The zero-order valence-corrected chi connectivity index (χ0v) is 18.7. The van der Waals surface area contributed by atoms with Crippen molar-refractivity contribution in [3.63, 3.8) is 0 Å². The van der Waals surface area contributed by atoms with Gasteiger partial charge in [-0.25, -0.2) is 0 Å². The Bertz CT molecular complexity index is 903. The van der Waals surface area contributed by atoms with E-state index in [-0.39, 0.29) is 24.0 Å².